The maximum Gasteiger partial charge on any atom is 0.315 e. The van der Waals surface area contributed by atoms with Crippen LogP contribution in [0.3, 0.4) is 0 Å². The maximum absolute atomic E-state index is 12.0. The third-order valence-electron chi connectivity index (χ3n) is 3.15. The highest BCUT2D eigenvalue weighted by molar-refractivity contribution is 5.96. The normalized spacial score (nSPS) is 12.6. The largest absolute Gasteiger partial charge is 0.388 e. The van der Waals surface area contributed by atoms with Gasteiger partial charge in [0.05, 0.1) is 6.04 Å². The smallest absolute Gasteiger partial charge is 0.315 e. The number of urea groups is 1. The lowest BCUT2D eigenvalue weighted by atomic mass is 10.00. The van der Waals surface area contributed by atoms with Crippen molar-refractivity contribution in [2.45, 2.75) is 52.1 Å². The molecule has 1 atom stereocenters. The summed E-state index contributed by atoms with van der Waals surface area (Å²) in [4.78, 5) is 23.5. The van der Waals surface area contributed by atoms with Crippen LogP contribution in [0.1, 0.15) is 62.5 Å². The van der Waals surface area contributed by atoms with Crippen molar-refractivity contribution < 1.29 is 14.7 Å². The predicted molar refractivity (Wildman–Crippen MR) is 86.9 cm³/mol. The average molecular weight is 306 g/mol. The first kappa shape index (κ1) is 18.2. The molecule has 0 aliphatic rings. The number of hydrogen-bond donors (Lipinski definition) is 3. The van der Waals surface area contributed by atoms with Crippen LogP contribution in [0.25, 0.3) is 0 Å². The number of hydrogen-bond acceptors (Lipinski definition) is 3. The van der Waals surface area contributed by atoms with E-state index in [-0.39, 0.29) is 23.4 Å². The standard InChI is InChI=1S/C17H26N2O3/c1-5-6-14(18-16(22)19-17(2,3)4)12-7-9-13(10-8-12)15(21)11-20/h7-10,14,20H,5-6,11H2,1-4H3,(H2,18,19,22)/t14-/m1/s1. The monoisotopic (exact) mass is 306 g/mol. The third kappa shape index (κ3) is 5.85. The van der Waals surface area contributed by atoms with Gasteiger partial charge in [-0.25, -0.2) is 4.79 Å². The molecule has 0 radical (unpaired) electrons. The van der Waals surface area contributed by atoms with Crippen LogP contribution in [0, 0.1) is 0 Å². The molecule has 22 heavy (non-hydrogen) atoms. The minimum Gasteiger partial charge on any atom is -0.388 e. The van der Waals surface area contributed by atoms with Gasteiger partial charge in [0, 0.05) is 11.1 Å². The van der Waals surface area contributed by atoms with Gasteiger partial charge in [-0.1, -0.05) is 37.6 Å². The Morgan fingerprint density at radius 1 is 1.18 bits per heavy atom. The minimum atomic E-state index is -0.496. The molecule has 2 amide bonds. The Morgan fingerprint density at radius 3 is 2.23 bits per heavy atom. The Bertz CT molecular complexity index is 504. The lowest BCUT2D eigenvalue weighted by Gasteiger charge is -2.24. The second kappa shape index (κ2) is 7.94. The van der Waals surface area contributed by atoms with Crippen LogP contribution in [-0.4, -0.2) is 29.1 Å². The number of carbonyl (C=O) groups is 2. The first-order valence-electron chi connectivity index (χ1n) is 7.59. The molecule has 0 aliphatic heterocycles. The van der Waals surface area contributed by atoms with Crippen molar-refractivity contribution in [1.82, 2.24) is 10.6 Å². The molecule has 3 N–H and O–H groups in total. The summed E-state index contributed by atoms with van der Waals surface area (Å²) in [6, 6.07) is 6.69. The van der Waals surface area contributed by atoms with Crippen LogP contribution in [-0.2, 0) is 0 Å². The van der Waals surface area contributed by atoms with Crippen LogP contribution < -0.4 is 10.6 Å². The molecule has 1 rings (SSSR count). The molecule has 0 saturated carbocycles. The second-order valence-corrected chi connectivity index (χ2v) is 6.39. The molecule has 5 heteroatoms. The quantitative estimate of drug-likeness (QED) is 0.707. The molecule has 0 aliphatic carbocycles. The molecular formula is C17H26N2O3. The molecule has 0 aromatic heterocycles. The van der Waals surface area contributed by atoms with Gasteiger partial charge in [-0.15, -0.1) is 0 Å². The fourth-order valence-corrected chi connectivity index (χ4v) is 2.14. The summed E-state index contributed by atoms with van der Waals surface area (Å²) < 4.78 is 0. The van der Waals surface area contributed by atoms with Crippen molar-refractivity contribution in [1.29, 1.82) is 0 Å². The Hall–Kier alpha value is -1.88. The summed E-state index contributed by atoms with van der Waals surface area (Å²) in [5.41, 5.74) is 1.12. The SMILES string of the molecule is CCC[C@@H](NC(=O)NC(C)(C)C)c1ccc(C(=O)CO)cc1. The summed E-state index contributed by atoms with van der Waals surface area (Å²) in [5, 5.41) is 14.7. The van der Waals surface area contributed by atoms with E-state index < -0.39 is 6.61 Å². The number of aliphatic hydroxyl groups is 1. The summed E-state index contributed by atoms with van der Waals surface area (Å²) in [7, 11) is 0. The van der Waals surface area contributed by atoms with Gasteiger partial charge in [-0.2, -0.15) is 0 Å². The lowest BCUT2D eigenvalue weighted by Crippen LogP contribution is -2.47. The van der Waals surface area contributed by atoms with Crippen LogP contribution in [0.5, 0.6) is 0 Å². The van der Waals surface area contributed by atoms with E-state index in [4.69, 9.17) is 5.11 Å². The minimum absolute atomic E-state index is 0.106. The third-order valence-corrected chi connectivity index (χ3v) is 3.15. The highest BCUT2D eigenvalue weighted by Gasteiger charge is 2.18. The summed E-state index contributed by atoms with van der Waals surface area (Å²) in [6.07, 6.45) is 1.74. The van der Waals surface area contributed by atoms with E-state index >= 15 is 0 Å². The van der Waals surface area contributed by atoms with Gasteiger partial charge in [0.25, 0.3) is 0 Å². The Kier molecular flexibility index (Phi) is 6.56. The van der Waals surface area contributed by atoms with E-state index in [0.29, 0.717) is 5.56 Å². The van der Waals surface area contributed by atoms with Gasteiger partial charge in [0.2, 0.25) is 0 Å². The molecule has 0 unspecified atom stereocenters. The number of benzene rings is 1. The molecule has 0 fully saturated rings. The summed E-state index contributed by atoms with van der Waals surface area (Å²) >= 11 is 0. The van der Waals surface area contributed by atoms with E-state index in [0.717, 1.165) is 18.4 Å². The van der Waals surface area contributed by atoms with Crippen molar-refractivity contribution in [3.63, 3.8) is 0 Å². The number of nitrogens with one attached hydrogen (secondary N) is 2. The van der Waals surface area contributed by atoms with Gasteiger partial charge in [0.1, 0.15) is 6.61 Å². The second-order valence-electron chi connectivity index (χ2n) is 6.39. The molecule has 0 bridgehead atoms. The molecule has 0 saturated heterocycles. The first-order chi connectivity index (χ1) is 10.3. The number of rotatable bonds is 6. The Labute approximate surface area is 132 Å². The zero-order valence-electron chi connectivity index (χ0n) is 13.8. The number of amides is 2. The van der Waals surface area contributed by atoms with Gasteiger partial charge >= 0.3 is 6.03 Å². The van der Waals surface area contributed by atoms with Crippen LogP contribution in [0.15, 0.2) is 24.3 Å². The van der Waals surface area contributed by atoms with Crippen LogP contribution in [0.4, 0.5) is 4.79 Å². The van der Waals surface area contributed by atoms with E-state index in [9.17, 15) is 9.59 Å². The molecule has 0 spiro atoms. The van der Waals surface area contributed by atoms with Gasteiger partial charge < -0.3 is 15.7 Å². The summed E-state index contributed by atoms with van der Waals surface area (Å²) in [6.45, 7) is 7.34. The zero-order valence-corrected chi connectivity index (χ0v) is 13.8. The topological polar surface area (TPSA) is 78.4 Å². The van der Waals surface area contributed by atoms with E-state index in [2.05, 4.69) is 17.6 Å². The molecule has 0 heterocycles. The van der Waals surface area contributed by atoms with Crippen molar-refractivity contribution >= 4 is 11.8 Å². The van der Waals surface area contributed by atoms with Crippen LogP contribution in [0.2, 0.25) is 0 Å². The number of ketones is 1. The van der Waals surface area contributed by atoms with Crippen LogP contribution >= 0.6 is 0 Å². The highest BCUT2D eigenvalue weighted by Crippen LogP contribution is 2.19. The number of Topliss-reactive ketones (excluding diaryl/α,β-unsaturated/α-hetero) is 1. The van der Waals surface area contributed by atoms with E-state index in [1.165, 1.54) is 0 Å². The molecule has 5 nitrogen and oxygen atoms in total. The van der Waals surface area contributed by atoms with Crippen molar-refractivity contribution in [3.05, 3.63) is 35.4 Å². The van der Waals surface area contributed by atoms with Crippen molar-refractivity contribution in [2.24, 2.45) is 0 Å². The van der Waals surface area contributed by atoms with E-state index in [1.807, 2.05) is 32.9 Å². The van der Waals surface area contributed by atoms with Crippen molar-refractivity contribution in [3.8, 4) is 0 Å². The van der Waals surface area contributed by atoms with Gasteiger partial charge in [0.15, 0.2) is 5.78 Å². The average Bonchev–Trinajstić information content (AvgIpc) is 2.44. The number of carbonyl (C=O) groups excluding carboxylic acids is 2. The van der Waals surface area contributed by atoms with Gasteiger partial charge in [-0.05, 0) is 32.8 Å². The first-order valence-corrected chi connectivity index (χ1v) is 7.59. The molecule has 1 aromatic carbocycles. The highest BCUT2D eigenvalue weighted by atomic mass is 16.3. The van der Waals surface area contributed by atoms with Gasteiger partial charge in [-0.3, -0.25) is 4.79 Å². The van der Waals surface area contributed by atoms with Crippen molar-refractivity contribution in [2.75, 3.05) is 6.61 Å². The fraction of sp³-hybridized carbons (Fsp3) is 0.529. The molecule has 122 valence electrons. The molecule has 1 aromatic rings. The lowest BCUT2D eigenvalue weighted by molar-refractivity contribution is 0.0903. The number of aliphatic hydroxyl groups excluding tert-OH is 1. The molecular weight excluding hydrogens is 280 g/mol. The Morgan fingerprint density at radius 2 is 1.77 bits per heavy atom. The van der Waals surface area contributed by atoms with E-state index in [1.54, 1.807) is 12.1 Å². The maximum atomic E-state index is 12.0. The summed E-state index contributed by atoms with van der Waals surface area (Å²) in [5.74, 6) is -0.308. The zero-order chi connectivity index (χ0) is 16.8. The Balaban J connectivity index is 2.82. The predicted octanol–water partition coefficient (Wildman–Crippen LogP) is 2.80. The fourth-order valence-electron chi connectivity index (χ4n) is 2.14.